The fourth-order valence-electron chi connectivity index (χ4n) is 0. The molecule has 0 heterocycles. The molecule has 0 unspecified atom stereocenters. The standard InChI is InChI=1S/C3H10O2Si/c1-3(2,4)6-5/h4-5H,6H2,1-2H3. The van der Waals surface area contributed by atoms with Crippen molar-refractivity contribution in [2.75, 3.05) is 0 Å². The molecule has 0 aromatic heterocycles. The monoisotopic (exact) mass is 106 g/mol. The summed E-state index contributed by atoms with van der Waals surface area (Å²) in [6.45, 7) is 3.22. The van der Waals surface area contributed by atoms with Gasteiger partial charge in [0.25, 0.3) is 0 Å². The van der Waals surface area contributed by atoms with Crippen LogP contribution in [0.4, 0.5) is 0 Å². The number of hydrogen-bond acceptors (Lipinski definition) is 2. The van der Waals surface area contributed by atoms with Gasteiger partial charge in [-0.25, -0.2) is 0 Å². The summed E-state index contributed by atoms with van der Waals surface area (Å²) in [6.07, 6.45) is 0. The third kappa shape index (κ3) is 4.14. The topological polar surface area (TPSA) is 40.5 Å². The lowest BCUT2D eigenvalue weighted by molar-refractivity contribution is 0.152. The SMILES string of the molecule is CC(C)(O)[SiH2]O. The van der Waals surface area contributed by atoms with Crippen LogP contribution >= 0.6 is 0 Å². The van der Waals surface area contributed by atoms with Crippen molar-refractivity contribution < 1.29 is 9.90 Å². The molecule has 0 fully saturated rings. The molecule has 2 N–H and O–H groups in total. The van der Waals surface area contributed by atoms with Crippen molar-refractivity contribution in [3.05, 3.63) is 0 Å². The third-order valence-corrected chi connectivity index (χ3v) is 1.16. The second-order valence-corrected chi connectivity index (χ2v) is 4.02. The Balaban J connectivity index is 3.17. The number of hydrogen-bond donors (Lipinski definition) is 2. The molecule has 0 radical (unpaired) electrons. The van der Waals surface area contributed by atoms with Gasteiger partial charge in [-0.15, -0.1) is 0 Å². The Kier molecular flexibility index (Phi) is 1.77. The summed E-state index contributed by atoms with van der Waals surface area (Å²) in [5, 5.41) is 7.87. The van der Waals surface area contributed by atoms with Gasteiger partial charge in [0.05, 0.1) is 5.22 Å². The van der Waals surface area contributed by atoms with Crippen LogP contribution in [0.2, 0.25) is 0 Å². The van der Waals surface area contributed by atoms with Crippen LogP contribution in [0.5, 0.6) is 0 Å². The van der Waals surface area contributed by atoms with Crippen LogP contribution < -0.4 is 0 Å². The molecule has 0 aliphatic heterocycles. The molecule has 0 aromatic rings. The van der Waals surface area contributed by atoms with E-state index in [2.05, 4.69) is 0 Å². The minimum atomic E-state index is -1.19. The van der Waals surface area contributed by atoms with Crippen LogP contribution in [0.15, 0.2) is 0 Å². The predicted octanol–water partition coefficient (Wildman–Crippen LogP) is -1.21. The number of aliphatic hydroxyl groups is 1. The van der Waals surface area contributed by atoms with E-state index in [0.717, 1.165) is 0 Å². The van der Waals surface area contributed by atoms with Crippen molar-refractivity contribution in [1.29, 1.82) is 0 Å². The molecule has 0 saturated carbocycles. The van der Waals surface area contributed by atoms with Gasteiger partial charge in [-0.1, -0.05) is 0 Å². The summed E-state index contributed by atoms with van der Waals surface area (Å²) in [6, 6.07) is 0. The molecule has 0 aromatic carbocycles. The molecule has 2 nitrogen and oxygen atoms in total. The van der Waals surface area contributed by atoms with Crippen LogP contribution in [-0.2, 0) is 0 Å². The van der Waals surface area contributed by atoms with Gasteiger partial charge in [-0.3, -0.25) is 0 Å². The van der Waals surface area contributed by atoms with Gasteiger partial charge in [0.15, 0.2) is 9.76 Å². The highest BCUT2D eigenvalue weighted by Crippen LogP contribution is 1.92. The van der Waals surface area contributed by atoms with Crippen molar-refractivity contribution in [1.82, 2.24) is 0 Å². The lowest BCUT2D eigenvalue weighted by Gasteiger charge is -2.09. The zero-order valence-corrected chi connectivity index (χ0v) is 5.52. The lowest BCUT2D eigenvalue weighted by atomic mass is 10.5. The molecule has 0 aliphatic carbocycles. The van der Waals surface area contributed by atoms with Crippen LogP contribution in [-0.4, -0.2) is 24.9 Å². The maximum atomic E-state index is 8.64. The van der Waals surface area contributed by atoms with Gasteiger partial charge in [0.2, 0.25) is 0 Å². The van der Waals surface area contributed by atoms with E-state index >= 15 is 0 Å². The van der Waals surface area contributed by atoms with Crippen LogP contribution in [0.25, 0.3) is 0 Å². The van der Waals surface area contributed by atoms with Crippen LogP contribution in [0.3, 0.4) is 0 Å². The Morgan fingerprint density at radius 2 is 1.67 bits per heavy atom. The largest absolute Gasteiger partial charge is 0.435 e. The quantitative estimate of drug-likeness (QED) is 0.412. The van der Waals surface area contributed by atoms with Crippen molar-refractivity contribution in [3.8, 4) is 0 Å². The van der Waals surface area contributed by atoms with Crippen molar-refractivity contribution in [2.45, 2.75) is 19.1 Å². The molecule has 6 heavy (non-hydrogen) atoms. The molecule has 0 bridgehead atoms. The summed E-state index contributed by atoms with van der Waals surface area (Å²) >= 11 is 0. The predicted molar refractivity (Wildman–Crippen MR) is 27.1 cm³/mol. The third-order valence-electron chi connectivity index (χ3n) is 0.387. The average molecular weight is 106 g/mol. The highest BCUT2D eigenvalue weighted by molar-refractivity contribution is 6.29. The summed E-state index contributed by atoms with van der Waals surface area (Å²) in [5.74, 6) is 0. The van der Waals surface area contributed by atoms with Gasteiger partial charge < -0.3 is 9.90 Å². The normalized spacial score (nSPS) is 14.0. The summed E-state index contributed by atoms with van der Waals surface area (Å²) in [5.41, 5.74) is 0. The van der Waals surface area contributed by atoms with Gasteiger partial charge >= 0.3 is 0 Å². The van der Waals surface area contributed by atoms with Crippen molar-refractivity contribution >= 4 is 9.76 Å². The highest BCUT2D eigenvalue weighted by Gasteiger charge is 2.09. The molecule has 0 amide bonds. The smallest absolute Gasteiger partial charge is 0.188 e. The van der Waals surface area contributed by atoms with Gasteiger partial charge in [0, 0.05) is 0 Å². The van der Waals surface area contributed by atoms with E-state index in [9.17, 15) is 0 Å². The molecular weight excluding hydrogens is 96.1 g/mol. The zero-order valence-electron chi connectivity index (χ0n) is 4.10. The minimum Gasteiger partial charge on any atom is -0.435 e. The van der Waals surface area contributed by atoms with E-state index in [-0.39, 0.29) is 0 Å². The van der Waals surface area contributed by atoms with Gasteiger partial charge in [0.1, 0.15) is 0 Å². The zero-order chi connectivity index (χ0) is 5.21. The maximum absolute atomic E-state index is 8.64. The Morgan fingerprint density at radius 1 is 1.50 bits per heavy atom. The maximum Gasteiger partial charge on any atom is 0.188 e. The Hall–Kier alpha value is 0.137. The molecular formula is C3H10O2Si. The summed E-state index contributed by atoms with van der Waals surface area (Å²) in [7, 11) is -1.19. The van der Waals surface area contributed by atoms with E-state index in [1.165, 1.54) is 0 Å². The first-order valence-electron chi connectivity index (χ1n) is 1.89. The molecule has 0 atom stereocenters. The Morgan fingerprint density at radius 3 is 1.67 bits per heavy atom. The second kappa shape index (κ2) is 1.73. The summed E-state index contributed by atoms with van der Waals surface area (Å²) in [4.78, 5) is 8.29. The first-order chi connectivity index (χ1) is 2.56. The molecule has 0 spiro atoms. The van der Waals surface area contributed by atoms with Gasteiger partial charge in [-0.2, -0.15) is 0 Å². The van der Waals surface area contributed by atoms with Crippen molar-refractivity contribution in [2.24, 2.45) is 0 Å². The Labute approximate surface area is 39.8 Å². The van der Waals surface area contributed by atoms with E-state index < -0.39 is 15.0 Å². The van der Waals surface area contributed by atoms with Crippen molar-refractivity contribution in [3.63, 3.8) is 0 Å². The molecule has 0 aliphatic rings. The molecule has 3 heteroatoms. The van der Waals surface area contributed by atoms with Gasteiger partial charge in [-0.05, 0) is 13.8 Å². The number of rotatable bonds is 1. The van der Waals surface area contributed by atoms with E-state index in [0.29, 0.717) is 0 Å². The first-order valence-corrected chi connectivity index (χ1v) is 3.23. The molecule has 0 rings (SSSR count). The van der Waals surface area contributed by atoms with Crippen LogP contribution in [0.1, 0.15) is 13.8 Å². The Bertz CT molecular complexity index is 38.5. The molecule has 38 valence electrons. The molecule has 0 saturated heterocycles. The van der Waals surface area contributed by atoms with E-state index in [1.54, 1.807) is 13.8 Å². The average Bonchev–Trinajstić information content (AvgIpc) is 1.35. The van der Waals surface area contributed by atoms with E-state index in [1.807, 2.05) is 0 Å². The minimum absolute atomic E-state index is 0.764. The van der Waals surface area contributed by atoms with Crippen LogP contribution in [0, 0.1) is 0 Å². The first kappa shape index (κ1) is 6.14. The second-order valence-electron chi connectivity index (χ2n) is 1.97. The fraction of sp³-hybridized carbons (Fsp3) is 1.00. The van der Waals surface area contributed by atoms with E-state index in [4.69, 9.17) is 9.90 Å². The lowest BCUT2D eigenvalue weighted by Crippen LogP contribution is -2.26. The summed E-state index contributed by atoms with van der Waals surface area (Å²) < 4.78 is 0. The fourth-order valence-corrected chi connectivity index (χ4v) is 0. The highest BCUT2D eigenvalue weighted by atomic mass is 28.2.